The first kappa shape index (κ1) is 24.4. The summed E-state index contributed by atoms with van der Waals surface area (Å²) >= 11 is 0. The van der Waals surface area contributed by atoms with E-state index in [1.54, 1.807) is 24.5 Å². The first-order valence-corrected chi connectivity index (χ1v) is 9.43. The van der Waals surface area contributed by atoms with Crippen LogP contribution in [0, 0.1) is 0 Å². The third-order valence-corrected chi connectivity index (χ3v) is 3.87. The Balaban J connectivity index is 0.000000213. The summed E-state index contributed by atoms with van der Waals surface area (Å²) in [6.07, 6.45) is 6.27. The maximum Gasteiger partial charge on any atom is 2.00 e. The zero-order chi connectivity index (χ0) is 21.8. The molecule has 0 aliphatic heterocycles. The van der Waals surface area contributed by atoms with Gasteiger partial charge in [-0.25, -0.2) is 19.9 Å². The van der Waals surface area contributed by atoms with Crippen molar-refractivity contribution in [3.05, 3.63) is 48.8 Å². The van der Waals surface area contributed by atoms with Gasteiger partial charge in [0.1, 0.15) is 12.7 Å². The minimum absolute atomic E-state index is 0. The molecule has 4 aromatic heterocycles. The van der Waals surface area contributed by atoms with Gasteiger partial charge in [-0.05, 0) is 23.8 Å². The second kappa shape index (κ2) is 9.96. The maximum absolute atomic E-state index is 4.34. The molecule has 0 aromatic carbocycles. The summed E-state index contributed by atoms with van der Waals surface area (Å²) in [4.78, 5) is 24.5. The molecule has 164 valence electrons. The summed E-state index contributed by atoms with van der Waals surface area (Å²) in [5, 5.41) is 16.1. The molecule has 4 aromatic rings. The molecule has 0 saturated carbocycles. The largest absolute Gasteiger partial charge is 2.00 e. The Morgan fingerprint density at radius 2 is 1.03 bits per heavy atom. The van der Waals surface area contributed by atoms with Crippen LogP contribution >= 0.6 is 0 Å². The fraction of sp³-hybridized carbons (Fsp3) is 0.400. The predicted molar refractivity (Wildman–Crippen MR) is 110 cm³/mol. The average Bonchev–Trinajstić information content (AvgIpc) is 3.40. The van der Waals surface area contributed by atoms with Crippen LogP contribution in [0.25, 0.3) is 23.0 Å². The van der Waals surface area contributed by atoms with Crippen LogP contribution in [0.4, 0.5) is 0 Å². The van der Waals surface area contributed by atoms with Gasteiger partial charge in [-0.2, -0.15) is 0 Å². The Hall–Kier alpha value is -2.87. The van der Waals surface area contributed by atoms with Crippen molar-refractivity contribution in [2.75, 3.05) is 0 Å². The van der Waals surface area contributed by atoms with Gasteiger partial charge in [-0.3, -0.25) is 10.2 Å². The van der Waals surface area contributed by atoms with Crippen LogP contribution in [0.1, 0.15) is 53.2 Å². The number of hydrogen-bond acceptors (Lipinski definition) is 8. The maximum atomic E-state index is 4.34. The van der Waals surface area contributed by atoms with Crippen molar-refractivity contribution in [2.24, 2.45) is 0 Å². The number of aromatic nitrogens is 10. The Morgan fingerprint density at radius 1 is 0.645 bits per heavy atom. The van der Waals surface area contributed by atoms with E-state index in [9.17, 15) is 0 Å². The molecule has 0 atom stereocenters. The van der Waals surface area contributed by atoms with E-state index in [1.807, 2.05) is 41.5 Å². The van der Waals surface area contributed by atoms with Crippen molar-refractivity contribution in [1.82, 2.24) is 50.3 Å². The van der Waals surface area contributed by atoms with Gasteiger partial charge in [0.05, 0.1) is 11.4 Å². The fourth-order valence-electron chi connectivity index (χ4n) is 2.18. The summed E-state index contributed by atoms with van der Waals surface area (Å²) in [6, 6.07) is 3.53. The Bertz CT molecular complexity index is 975. The minimum Gasteiger partial charge on any atom is -0.420 e. The minimum atomic E-state index is -0.0850. The first-order valence-electron chi connectivity index (χ1n) is 9.43. The molecule has 0 aliphatic carbocycles. The average molecular weight is 600 g/mol. The van der Waals surface area contributed by atoms with Crippen LogP contribution in [0.2, 0.25) is 0 Å². The van der Waals surface area contributed by atoms with Gasteiger partial charge >= 0.3 is 21.1 Å². The standard InChI is InChI=1S/2C10H12N5.Pt/c2*1-10(2,3)9-13-8(14-15-9)7-4-5-11-6-12-7;/h2*4-6H,1-3H3;/q2*-1;+2. The van der Waals surface area contributed by atoms with Crippen LogP contribution < -0.4 is 10.2 Å². The molecule has 0 spiro atoms. The van der Waals surface area contributed by atoms with Crippen molar-refractivity contribution < 1.29 is 21.1 Å². The number of rotatable bonds is 2. The Kier molecular flexibility index (Phi) is 7.84. The zero-order valence-corrected chi connectivity index (χ0v) is 20.5. The van der Waals surface area contributed by atoms with Gasteiger partial charge < -0.3 is 20.2 Å². The second-order valence-corrected chi connectivity index (χ2v) is 8.61. The molecule has 0 fully saturated rings. The molecule has 0 bridgehead atoms. The molecule has 4 heterocycles. The smallest absolute Gasteiger partial charge is 0.420 e. The molecular formula is C20H24N10Pt. The van der Waals surface area contributed by atoms with E-state index in [0.717, 1.165) is 11.6 Å². The molecule has 0 saturated heterocycles. The topological polar surface area (TPSA) is 131 Å². The van der Waals surface area contributed by atoms with Gasteiger partial charge in [0.2, 0.25) is 0 Å². The molecule has 0 radical (unpaired) electrons. The second-order valence-electron chi connectivity index (χ2n) is 8.61. The Morgan fingerprint density at radius 3 is 1.29 bits per heavy atom. The summed E-state index contributed by atoms with van der Waals surface area (Å²) in [5.41, 5.74) is 1.23. The summed E-state index contributed by atoms with van der Waals surface area (Å²) < 4.78 is 0. The van der Waals surface area contributed by atoms with Gasteiger partial charge in [0.15, 0.2) is 0 Å². The van der Waals surface area contributed by atoms with Crippen LogP contribution in [0.15, 0.2) is 37.2 Å². The molecule has 0 N–H and O–H groups in total. The summed E-state index contributed by atoms with van der Waals surface area (Å²) in [7, 11) is 0. The van der Waals surface area contributed by atoms with Crippen molar-refractivity contribution in [3.63, 3.8) is 0 Å². The first-order chi connectivity index (χ1) is 14.1. The fourth-order valence-corrected chi connectivity index (χ4v) is 2.18. The van der Waals surface area contributed by atoms with Gasteiger partial charge in [0, 0.05) is 34.9 Å². The quantitative estimate of drug-likeness (QED) is 0.338. The molecule has 31 heavy (non-hydrogen) atoms. The van der Waals surface area contributed by atoms with Crippen molar-refractivity contribution in [2.45, 2.75) is 52.4 Å². The molecule has 10 nitrogen and oxygen atoms in total. The van der Waals surface area contributed by atoms with E-state index in [1.165, 1.54) is 12.7 Å². The number of hydrogen-bond donors (Lipinski definition) is 0. The predicted octanol–water partition coefficient (Wildman–Crippen LogP) is 2.37. The summed E-state index contributed by atoms with van der Waals surface area (Å²) in [5.74, 6) is 2.58. The molecule has 11 heteroatoms. The van der Waals surface area contributed by atoms with Gasteiger partial charge in [-0.15, -0.1) is 0 Å². The molecule has 4 rings (SSSR count). The van der Waals surface area contributed by atoms with E-state index >= 15 is 0 Å². The van der Waals surface area contributed by atoms with Crippen molar-refractivity contribution >= 4 is 0 Å². The molecule has 0 unspecified atom stereocenters. The summed E-state index contributed by atoms with van der Waals surface area (Å²) in [6.45, 7) is 12.3. The monoisotopic (exact) mass is 599 g/mol. The normalized spacial score (nSPS) is 11.3. The molecule has 0 aliphatic rings. The molecular weight excluding hydrogens is 575 g/mol. The SMILES string of the molecule is CC(C)(C)c1n[n-]c(-c2ccncn2)n1.CC(C)(C)c1n[n-]c(-c2ccncn2)n1.[Pt+2]. The van der Waals surface area contributed by atoms with Crippen molar-refractivity contribution in [3.8, 4) is 23.0 Å². The van der Waals surface area contributed by atoms with E-state index < -0.39 is 0 Å². The third-order valence-electron chi connectivity index (χ3n) is 3.87. The van der Waals surface area contributed by atoms with E-state index in [-0.39, 0.29) is 31.9 Å². The number of nitrogens with zero attached hydrogens (tertiary/aromatic N) is 10. The van der Waals surface area contributed by atoms with Crippen LogP contribution in [-0.2, 0) is 31.9 Å². The zero-order valence-electron chi connectivity index (χ0n) is 18.3. The molecule has 0 amide bonds. The van der Waals surface area contributed by atoms with E-state index in [0.29, 0.717) is 23.0 Å². The van der Waals surface area contributed by atoms with Crippen molar-refractivity contribution in [1.29, 1.82) is 0 Å². The van der Waals surface area contributed by atoms with Crippen LogP contribution in [0.5, 0.6) is 0 Å². The van der Waals surface area contributed by atoms with Gasteiger partial charge in [0.25, 0.3) is 0 Å². The van der Waals surface area contributed by atoms with Gasteiger partial charge in [-0.1, -0.05) is 41.5 Å². The van der Waals surface area contributed by atoms with Crippen LogP contribution in [-0.4, -0.2) is 40.1 Å². The Labute approximate surface area is 195 Å². The third kappa shape index (κ3) is 6.55. The van der Waals surface area contributed by atoms with Crippen LogP contribution in [0.3, 0.4) is 0 Å². The van der Waals surface area contributed by atoms with E-state index in [2.05, 4.69) is 50.3 Å². The van der Waals surface area contributed by atoms with E-state index in [4.69, 9.17) is 0 Å².